The Morgan fingerprint density at radius 2 is 1.62 bits per heavy atom. The second-order valence-electron chi connectivity index (χ2n) is 6.27. The summed E-state index contributed by atoms with van der Waals surface area (Å²) in [4.78, 5) is 26.1. The maximum absolute atomic E-state index is 12.9. The highest BCUT2D eigenvalue weighted by Crippen LogP contribution is 2.20. The zero-order valence-electron chi connectivity index (χ0n) is 14.1. The Morgan fingerprint density at radius 1 is 1.00 bits per heavy atom. The zero-order valence-corrected chi connectivity index (χ0v) is 14.1. The number of nitrogens with one attached hydrogen (secondary N) is 1. The first kappa shape index (κ1) is 16.2. The summed E-state index contributed by atoms with van der Waals surface area (Å²) in [5.74, 6) is -0.109. The summed E-state index contributed by atoms with van der Waals surface area (Å²) in [6, 6.07) is 13.9. The van der Waals surface area contributed by atoms with E-state index in [-0.39, 0.29) is 11.8 Å². The molecule has 0 aliphatic carbocycles. The van der Waals surface area contributed by atoms with Gasteiger partial charge in [0.25, 0.3) is 5.91 Å². The van der Waals surface area contributed by atoms with Gasteiger partial charge in [-0.15, -0.1) is 0 Å². The first-order valence-corrected chi connectivity index (χ1v) is 8.29. The van der Waals surface area contributed by atoms with Gasteiger partial charge >= 0.3 is 0 Å². The van der Waals surface area contributed by atoms with E-state index < -0.39 is 0 Å². The van der Waals surface area contributed by atoms with E-state index in [4.69, 9.17) is 0 Å². The van der Waals surface area contributed by atoms with Gasteiger partial charge in [-0.3, -0.25) is 9.59 Å². The third kappa shape index (κ3) is 3.48. The molecule has 0 saturated heterocycles. The molecule has 2 amide bonds. The van der Waals surface area contributed by atoms with Crippen LogP contribution in [0.3, 0.4) is 0 Å². The number of hydrogen-bond donors (Lipinski definition) is 1. The van der Waals surface area contributed by atoms with Crippen LogP contribution < -0.4 is 5.32 Å². The molecule has 1 N–H and O–H groups in total. The first-order chi connectivity index (χ1) is 11.5. The van der Waals surface area contributed by atoms with Crippen LogP contribution in [0.5, 0.6) is 0 Å². The molecule has 0 unspecified atom stereocenters. The number of hydrogen-bond acceptors (Lipinski definition) is 2. The highest BCUT2D eigenvalue weighted by molar-refractivity contribution is 5.97. The summed E-state index contributed by atoms with van der Waals surface area (Å²) >= 11 is 0. The monoisotopic (exact) mass is 322 g/mol. The average molecular weight is 322 g/mol. The average Bonchev–Trinajstić information content (AvgIpc) is 2.78. The lowest BCUT2D eigenvalue weighted by molar-refractivity contribution is -0.114. The molecular formula is C20H22N2O2. The van der Waals surface area contributed by atoms with Crippen molar-refractivity contribution in [3.8, 4) is 0 Å². The molecule has 4 nitrogen and oxygen atoms in total. The smallest absolute Gasteiger partial charge is 0.253 e. The van der Waals surface area contributed by atoms with E-state index in [2.05, 4.69) is 29.6 Å². The summed E-state index contributed by atoms with van der Waals surface area (Å²) in [5.41, 5.74) is 4.93. The van der Waals surface area contributed by atoms with E-state index >= 15 is 0 Å². The quantitative estimate of drug-likeness (QED) is 0.923. The van der Waals surface area contributed by atoms with E-state index in [1.165, 1.54) is 18.1 Å². The minimum absolute atomic E-state index is 0.0226. The molecule has 0 fully saturated rings. The molecule has 1 aliphatic rings. The number of rotatable bonds is 2. The van der Waals surface area contributed by atoms with Crippen molar-refractivity contribution in [2.24, 2.45) is 0 Å². The Kier molecular flexibility index (Phi) is 4.65. The topological polar surface area (TPSA) is 49.4 Å². The predicted octanol–water partition coefficient (Wildman–Crippen LogP) is 3.19. The molecule has 1 heterocycles. The van der Waals surface area contributed by atoms with Gasteiger partial charge < -0.3 is 10.2 Å². The van der Waals surface area contributed by atoms with Gasteiger partial charge in [-0.25, -0.2) is 0 Å². The molecule has 0 saturated carbocycles. The molecule has 124 valence electrons. The minimum atomic E-state index is -0.132. The molecular weight excluding hydrogens is 300 g/mol. The molecule has 2 aromatic carbocycles. The molecule has 2 aromatic rings. The maximum Gasteiger partial charge on any atom is 0.253 e. The van der Waals surface area contributed by atoms with Crippen LogP contribution in [0.2, 0.25) is 0 Å². The fraction of sp³-hybridized carbons (Fsp3) is 0.300. The van der Waals surface area contributed by atoms with Gasteiger partial charge in [0, 0.05) is 31.3 Å². The molecule has 0 atom stereocenters. The number of benzene rings is 2. The number of carbonyl (C=O) groups is 2. The SMILES string of the molecule is CC(=O)Nc1cc(C(=O)N2CCc3ccccc3CC2)ccc1C. The van der Waals surface area contributed by atoms with Crippen molar-refractivity contribution in [3.05, 3.63) is 64.7 Å². The number of aryl methyl sites for hydroxylation is 1. The predicted molar refractivity (Wildman–Crippen MR) is 95.2 cm³/mol. The van der Waals surface area contributed by atoms with Crippen molar-refractivity contribution >= 4 is 17.5 Å². The second-order valence-corrected chi connectivity index (χ2v) is 6.27. The Balaban J connectivity index is 1.79. The second kappa shape index (κ2) is 6.87. The van der Waals surface area contributed by atoms with Crippen molar-refractivity contribution < 1.29 is 9.59 Å². The molecule has 0 radical (unpaired) electrons. The van der Waals surface area contributed by atoms with Crippen LogP contribution in [-0.4, -0.2) is 29.8 Å². The lowest BCUT2D eigenvalue weighted by Gasteiger charge is -2.21. The standard InChI is InChI=1S/C20H22N2O2/c1-14-7-8-18(13-19(14)21-15(2)23)20(24)22-11-9-16-5-3-4-6-17(16)10-12-22/h3-8,13H,9-12H2,1-2H3,(H,21,23). The Morgan fingerprint density at radius 3 is 2.21 bits per heavy atom. The number of fused-ring (bicyclic) bond motifs is 1. The Bertz CT molecular complexity index is 756. The number of nitrogens with zero attached hydrogens (tertiary/aromatic N) is 1. The summed E-state index contributed by atoms with van der Waals surface area (Å²) in [7, 11) is 0. The van der Waals surface area contributed by atoms with Crippen molar-refractivity contribution in [1.82, 2.24) is 4.90 Å². The lowest BCUT2D eigenvalue weighted by atomic mass is 10.0. The van der Waals surface area contributed by atoms with Gasteiger partial charge in [0.15, 0.2) is 0 Å². The van der Waals surface area contributed by atoms with Crippen LogP contribution in [0, 0.1) is 6.92 Å². The molecule has 3 rings (SSSR count). The molecule has 4 heteroatoms. The van der Waals surface area contributed by atoms with Gasteiger partial charge in [0.1, 0.15) is 0 Å². The third-order valence-corrected chi connectivity index (χ3v) is 4.50. The van der Waals surface area contributed by atoms with Crippen LogP contribution in [0.4, 0.5) is 5.69 Å². The summed E-state index contributed by atoms with van der Waals surface area (Å²) < 4.78 is 0. The van der Waals surface area contributed by atoms with E-state index in [0.29, 0.717) is 11.3 Å². The van der Waals surface area contributed by atoms with Crippen LogP contribution in [0.1, 0.15) is 34.0 Å². The van der Waals surface area contributed by atoms with E-state index in [1.54, 1.807) is 6.07 Å². The largest absolute Gasteiger partial charge is 0.338 e. The Labute approximate surface area is 142 Å². The summed E-state index contributed by atoms with van der Waals surface area (Å²) in [6.07, 6.45) is 1.76. The maximum atomic E-state index is 12.9. The van der Waals surface area contributed by atoms with Crippen LogP contribution in [0.15, 0.2) is 42.5 Å². The van der Waals surface area contributed by atoms with Crippen molar-refractivity contribution in [2.75, 3.05) is 18.4 Å². The number of amides is 2. The van der Waals surface area contributed by atoms with Gasteiger partial charge in [-0.2, -0.15) is 0 Å². The first-order valence-electron chi connectivity index (χ1n) is 8.29. The molecule has 1 aliphatic heterocycles. The van der Waals surface area contributed by atoms with Gasteiger partial charge in [-0.1, -0.05) is 30.3 Å². The van der Waals surface area contributed by atoms with Crippen molar-refractivity contribution in [2.45, 2.75) is 26.7 Å². The van der Waals surface area contributed by atoms with E-state index in [0.717, 1.165) is 31.5 Å². The highest BCUT2D eigenvalue weighted by Gasteiger charge is 2.20. The highest BCUT2D eigenvalue weighted by atomic mass is 16.2. The molecule has 24 heavy (non-hydrogen) atoms. The zero-order chi connectivity index (χ0) is 17.1. The normalized spacial score (nSPS) is 13.8. The fourth-order valence-electron chi connectivity index (χ4n) is 3.13. The van der Waals surface area contributed by atoms with Gasteiger partial charge in [0.2, 0.25) is 5.91 Å². The Hall–Kier alpha value is -2.62. The van der Waals surface area contributed by atoms with Crippen LogP contribution >= 0.6 is 0 Å². The van der Waals surface area contributed by atoms with E-state index in [9.17, 15) is 9.59 Å². The van der Waals surface area contributed by atoms with Gasteiger partial charge in [-0.05, 0) is 48.6 Å². The molecule has 0 aromatic heterocycles. The van der Waals surface area contributed by atoms with Crippen molar-refractivity contribution in [1.29, 1.82) is 0 Å². The van der Waals surface area contributed by atoms with Gasteiger partial charge in [0.05, 0.1) is 0 Å². The fourth-order valence-corrected chi connectivity index (χ4v) is 3.13. The summed E-state index contributed by atoms with van der Waals surface area (Å²) in [6.45, 7) is 4.83. The van der Waals surface area contributed by atoms with Crippen LogP contribution in [0.25, 0.3) is 0 Å². The number of carbonyl (C=O) groups excluding carboxylic acids is 2. The third-order valence-electron chi connectivity index (χ3n) is 4.50. The molecule has 0 bridgehead atoms. The molecule has 0 spiro atoms. The number of anilines is 1. The van der Waals surface area contributed by atoms with Crippen molar-refractivity contribution in [3.63, 3.8) is 0 Å². The summed E-state index contributed by atoms with van der Waals surface area (Å²) in [5, 5.41) is 2.79. The van der Waals surface area contributed by atoms with Crippen LogP contribution in [-0.2, 0) is 17.6 Å². The van der Waals surface area contributed by atoms with E-state index in [1.807, 2.05) is 24.0 Å². The lowest BCUT2D eigenvalue weighted by Crippen LogP contribution is -2.33. The minimum Gasteiger partial charge on any atom is -0.338 e.